The Morgan fingerprint density at radius 3 is 2.89 bits per heavy atom. The molecule has 0 unspecified atom stereocenters. The van der Waals surface area contributed by atoms with Crippen LogP contribution in [0.25, 0.3) is 22.4 Å². The lowest BCUT2D eigenvalue weighted by Crippen LogP contribution is -1.97. The maximum Gasteiger partial charge on any atom is 0.142 e. The monoisotopic (exact) mass is 272 g/mol. The number of nitrogens with two attached hydrogens (primary N) is 1. The fourth-order valence-electron chi connectivity index (χ4n) is 2.23. The maximum atomic E-state index is 6.19. The number of rotatable bonds is 2. The topological polar surface area (TPSA) is 56.7 Å². The minimum absolute atomic E-state index is 0.470. The highest BCUT2D eigenvalue weighted by Crippen LogP contribution is 2.29. The summed E-state index contributed by atoms with van der Waals surface area (Å²) in [5.74, 6) is 0.823. The van der Waals surface area contributed by atoms with Crippen LogP contribution in [0.1, 0.15) is 5.56 Å². The van der Waals surface area contributed by atoms with Crippen LogP contribution >= 0.6 is 11.6 Å². The summed E-state index contributed by atoms with van der Waals surface area (Å²) < 4.78 is 2.02. The zero-order valence-corrected chi connectivity index (χ0v) is 11.2. The first-order valence-corrected chi connectivity index (χ1v) is 6.34. The van der Waals surface area contributed by atoms with E-state index in [9.17, 15) is 0 Å². The Kier molecular flexibility index (Phi) is 2.97. The number of hydrogen-bond acceptors (Lipinski definition) is 3. The highest BCUT2D eigenvalue weighted by atomic mass is 35.5. The number of hydrogen-bond donors (Lipinski definition) is 1. The van der Waals surface area contributed by atoms with Gasteiger partial charge in [0, 0.05) is 31.5 Å². The summed E-state index contributed by atoms with van der Waals surface area (Å²) in [5.41, 5.74) is 9.64. The van der Waals surface area contributed by atoms with Crippen LogP contribution in [0.2, 0.25) is 5.02 Å². The first-order chi connectivity index (χ1) is 9.22. The van der Waals surface area contributed by atoms with Crippen molar-refractivity contribution >= 4 is 22.6 Å². The van der Waals surface area contributed by atoms with Crippen LogP contribution in [0.3, 0.4) is 0 Å². The number of aryl methyl sites for hydroxylation is 1. The number of nitrogens with zero attached hydrogens (tertiary/aromatic N) is 3. The molecule has 96 valence electrons. The quantitative estimate of drug-likeness (QED) is 0.780. The fourth-order valence-corrected chi connectivity index (χ4v) is 2.44. The van der Waals surface area contributed by atoms with E-state index in [2.05, 4.69) is 9.97 Å². The Hall–Kier alpha value is -1.91. The lowest BCUT2D eigenvalue weighted by molar-refractivity contribution is 0.958. The van der Waals surface area contributed by atoms with Gasteiger partial charge in [-0.1, -0.05) is 23.7 Å². The Morgan fingerprint density at radius 2 is 2.16 bits per heavy atom. The van der Waals surface area contributed by atoms with Crippen molar-refractivity contribution in [2.45, 2.75) is 6.54 Å². The molecule has 3 rings (SSSR count). The second kappa shape index (κ2) is 4.64. The molecule has 0 spiro atoms. The Morgan fingerprint density at radius 1 is 1.32 bits per heavy atom. The van der Waals surface area contributed by atoms with Crippen molar-refractivity contribution in [1.29, 1.82) is 0 Å². The van der Waals surface area contributed by atoms with Crippen molar-refractivity contribution in [3.8, 4) is 11.4 Å². The molecule has 5 heteroatoms. The van der Waals surface area contributed by atoms with Crippen molar-refractivity contribution in [2.24, 2.45) is 12.8 Å². The third kappa shape index (κ3) is 1.89. The van der Waals surface area contributed by atoms with Crippen molar-refractivity contribution in [3.63, 3.8) is 0 Å². The highest BCUT2D eigenvalue weighted by molar-refractivity contribution is 6.33. The number of para-hydroxylation sites is 1. The summed E-state index contributed by atoms with van der Waals surface area (Å²) in [6, 6.07) is 7.88. The maximum absolute atomic E-state index is 6.19. The van der Waals surface area contributed by atoms with Gasteiger partial charge < -0.3 is 10.3 Å². The first-order valence-electron chi connectivity index (χ1n) is 5.96. The average Bonchev–Trinajstić information content (AvgIpc) is 2.77. The molecule has 4 nitrogen and oxygen atoms in total. The number of benzene rings is 1. The van der Waals surface area contributed by atoms with E-state index >= 15 is 0 Å². The van der Waals surface area contributed by atoms with Crippen molar-refractivity contribution in [3.05, 3.63) is 47.2 Å². The van der Waals surface area contributed by atoms with E-state index in [1.54, 1.807) is 12.4 Å². The van der Waals surface area contributed by atoms with Gasteiger partial charge in [0.2, 0.25) is 0 Å². The molecule has 0 amide bonds. The molecule has 3 aromatic rings. The van der Waals surface area contributed by atoms with Crippen LogP contribution < -0.4 is 5.73 Å². The van der Waals surface area contributed by atoms with Crippen LogP contribution in [-0.4, -0.2) is 14.5 Å². The molecular weight excluding hydrogens is 260 g/mol. The standard InChI is InChI=1S/C14H13ClN4/c1-19-12-4-2-3-9(7-16)13(12)18-14(19)10-5-6-17-8-11(10)15/h2-6,8H,7,16H2,1H3. The van der Waals surface area contributed by atoms with E-state index in [1.807, 2.05) is 35.9 Å². The molecule has 0 radical (unpaired) electrons. The van der Waals surface area contributed by atoms with Gasteiger partial charge in [-0.15, -0.1) is 0 Å². The Labute approximate surface area is 115 Å². The minimum Gasteiger partial charge on any atom is -0.327 e. The molecule has 0 aliphatic rings. The first kappa shape index (κ1) is 12.1. The lowest BCUT2D eigenvalue weighted by Gasteiger charge is -2.03. The summed E-state index contributed by atoms with van der Waals surface area (Å²) in [5, 5.41) is 0.593. The van der Waals surface area contributed by atoms with Crippen LogP contribution in [0.5, 0.6) is 0 Å². The molecule has 0 saturated carbocycles. The lowest BCUT2D eigenvalue weighted by atomic mass is 10.2. The van der Waals surface area contributed by atoms with Crippen molar-refractivity contribution in [1.82, 2.24) is 14.5 Å². The van der Waals surface area contributed by atoms with E-state index in [0.29, 0.717) is 11.6 Å². The van der Waals surface area contributed by atoms with E-state index in [-0.39, 0.29) is 0 Å². The predicted octanol–water partition coefficient (Wildman–Crippen LogP) is 2.75. The van der Waals surface area contributed by atoms with Gasteiger partial charge >= 0.3 is 0 Å². The number of fused-ring (bicyclic) bond motifs is 1. The summed E-state index contributed by atoms with van der Waals surface area (Å²) >= 11 is 6.19. The van der Waals surface area contributed by atoms with E-state index in [4.69, 9.17) is 17.3 Å². The number of pyridine rings is 1. The largest absolute Gasteiger partial charge is 0.327 e. The van der Waals surface area contributed by atoms with Crippen LogP contribution in [0.15, 0.2) is 36.7 Å². The third-order valence-electron chi connectivity index (χ3n) is 3.23. The van der Waals surface area contributed by atoms with Crippen LogP contribution in [-0.2, 0) is 13.6 Å². The average molecular weight is 273 g/mol. The fraction of sp³-hybridized carbons (Fsp3) is 0.143. The molecule has 0 fully saturated rings. The normalized spacial score (nSPS) is 11.1. The number of aromatic nitrogens is 3. The number of imidazole rings is 1. The molecule has 2 heterocycles. The summed E-state index contributed by atoms with van der Waals surface area (Å²) in [6.45, 7) is 0.470. The van der Waals surface area contributed by atoms with E-state index in [0.717, 1.165) is 28.0 Å². The molecular formula is C14H13ClN4. The summed E-state index contributed by atoms with van der Waals surface area (Å²) in [4.78, 5) is 8.68. The van der Waals surface area contributed by atoms with Gasteiger partial charge in [0.1, 0.15) is 5.82 Å². The van der Waals surface area contributed by atoms with Gasteiger partial charge in [-0.3, -0.25) is 4.98 Å². The second-order valence-corrected chi connectivity index (χ2v) is 4.75. The highest BCUT2D eigenvalue weighted by Gasteiger charge is 2.14. The van der Waals surface area contributed by atoms with E-state index < -0.39 is 0 Å². The van der Waals surface area contributed by atoms with Crippen LogP contribution in [0, 0.1) is 0 Å². The van der Waals surface area contributed by atoms with Crippen molar-refractivity contribution in [2.75, 3.05) is 0 Å². The molecule has 19 heavy (non-hydrogen) atoms. The zero-order valence-electron chi connectivity index (χ0n) is 10.5. The van der Waals surface area contributed by atoms with Crippen LogP contribution in [0.4, 0.5) is 0 Å². The number of halogens is 1. The van der Waals surface area contributed by atoms with Gasteiger partial charge in [0.15, 0.2) is 0 Å². The van der Waals surface area contributed by atoms with Gasteiger partial charge in [0.25, 0.3) is 0 Å². The molecule has 0 aliphatic heterocycles. The van der Waals surface area contributed by atoms with E-state index in [1.165, 1.54) is 0 Å². The third-order valence-corrected chi connectivity index (χ3v) is 3.53. The molecule has 2 N–H and O–H groups in total. The molecule has 0 bridgehead atoms. The Bertz CT molecular complexity index is 748. The summed E-state index contributed by atoms with van der Waals surface area (Å²) in [6.07, 6.45) is 3.34. The van der Waals surface area contributed by atoms with Gasteiger partial charge in [-0.25, -0.2) is 4.98 Å². The molecule has 2 aromatic heterocycles. The summed E-state index contributed by atoms with van der Waals surface area (Å²) in [7, 11) is 1.97. The minimum atomic E-state index is 0.470. The smallest absolute Gasteiger partial charge is 0.142 e. The van der Waals surface area contributed by atoms with Gasteiger partial charge in [0.05, 0.1) is 16.1 Å². The molecule has 1 aromatic carbocycles. The van der Waals surface area contributed by atoms with Crippen molar-refractivity contribution < 1.29 is 0 Å². The Balaban J connectivity index is 2.32. The second-order valence-electron chi connectivity index (χ2n) is 4.34. The molecule has 0 aliphatic carbocycles. The van der Waals surface area contributed by atoms with Gasteiger partial charge in [-0.2, -0.15) is 0 Å². The molecule has 0 saturated heterocycles. The zero-order chi connectivity index (χ0) is 13.4. The molecule has 0 atom stereocenters. The SMILES string of the molecule is Cn1c(-c2ccncc2Cl)nc2c(CN)cccc21. The van der Waals surface area contributed by atoms with Gasteiger partial charge in [-0.05, 0) is 17.7 Å². The predicted molar refractivity (Wildman–Crippen MR) is 76.8 cm³/mol.